The van der Waals surface area contributed by atoms with Crippen molar-refractivity contribution in [3.63, 3.8) is 0 Å². The van der Waals surface area contributed by atoms with E-state index in [0.29, 0.717) is 23.0 Å². The number of carbonyl (C=O) groups is 1. The Morgan fingerprint density at radius 3 is 2.68 bits per heavy atom. The van der Waals surface area contributed by atoms with Gasteiger partial charge in [0, 0.05) is 35.6 Å². The minimum absolute atomic E-state index is 0.0904. The molecule has 3 N–H and O–H groups in total. The molecular formula is C33H35N5O3. The second kappa shape index (κ2) is 11.2. The number of likely N-dealkylation sites (tertiary alicyclic amines) is 1. The number of ether oxygens (including phenoxy) is 1. The van der Waals surface area contributed by atoms with E-state index in [-0.39, 0.29) is 19.1 Å². The van der Waals surface area contributed by atoms with E-state index in [2.05, 4.69) is 52.7 Å². The second-order valence-corrected chi connectivity index (χ2v) is 11.3. The highest BCUT2D eigenvalue weighted by Crippen LogP contribution is 2.35. The van der Waals surface area contributed by atoms with Gasteiger partial charge in [-0.25, -0.2) is 4.98 Å². The lowest BCUT2D eigenvalue weighted by atomic mass is 9.97. The third-order valence-corrected chi connectivity index (χ3v) is 7.93. The molecular weight excluding hydrogens is 514 g/mol. The molecule has 0 radical (unpaired) electrons. The zero-order valence-electron chi connectivity index (χ0n) is 23.5. The lowest BCUT2D eigenvalue weighted by Gasteiger charge is -2.40. The van der Waals surface area contributed by atoms with Gasteiger partial charge in [0.25, 0.3) is 0 Å². The van der Waals surface area contributed by atoms with E-state index >= 15 is 0 Å². The number of benzene rings is 3. The number of aliphatic carboxylic acids is 1. The Morgan fingerprint density at radius 1 is 1.05 bits per heavy atom. The second-order valence-electron chi connectivity index (χ2n) is 11.3. The summed E-state index contributed by atoms with van der Waals surface area (Å²) in [4.78, 5) is 18.2. The molecule has 0 unspecified atom stereocenters. The van der Waals surface area contributed by atoms with Gasteiger partial charge in [0.15, 0.2) is 0 Å². The zero-order chi connectivity index (χ0) is 28.5. The molecule has 3 heterocycles. The number of hydrogen-bond acceptors (Lipinski definition) is 6. The van der Waals surface area contributed by atoms with E-state index in [1.54, 1.807) is 12.3 Å². The number of carboxylic acid groups (broad SMARTS) is 1. The first-order chi connectivity index (χ1) is 19.9. The van der Waals surface area contributed by atoms with Gasteiger partial charge < -0.3 is 15.6 Å². The average Bonchev–Trinajstić information content (AvgIpc) is 3.28. The average molecular weight is 550 g/mol. The molecule has 2 aromatic heterocycles. The Kier molecular flexibility index (Phi) is 7.32. The van der Waals surface area contributed by atoms with Gasteiger partial charge in [0.1, 0.15) is 18.2 Å². The van der Waals surface area contributed by atoms with Crippen LogP contribution in [-0.2, 0) is 17.8 Å². The predicted octanol–water partition coefficient (Wildman–Crippen LogP) is 5.94. The summed E-state index contributed by atoms with van der Waals surface area (Å²) in [6.07, 6.45) is 2.83. The molecule has 0 aliphatic carbocycles. The molecule has 41 heavy (non-hydrogen) atoms. The van der Waals surface area contributed by atoms with Crippen molar-refractivity contribution in [3.05, 3.63) is 84.2 Å². The monoisotopic (exact) mass is 549 g/mol. The molecule has 6 rings (SSSR count). The molecule has 8 heteroatoms. The number of pyridine rings is 1. The van der Waals surface area contributed by atoms with Crippen LogP contribution in [0, 0.1) is 5.92 Å². The van der Waals surface area contributed by atoms with E-state index in [1.165, 1.54) is 6.42 Å². The lowest BCUT2D eigenvalue weighted by Crippen LogP contribution is -2.48. The molecule has 1 saturated heterocycles. The fourth-order valence-electron chi connectivity index (χ4n) is 5.67. The van der Waals surface area contributed by atoms with E-state index in [1.807, 2.05) is 36.4 Å². The number of nitrogens with zero attached hydrogens (tertiary/aromatic N) is 4. The molecule has 0 atom stereocenters. The van der Waals surface area contributed by atoms with Crippen LogP contribution in [0.2, 0.25) is 0 Å². The van der Waals surface area contributed by atoms with Crippen LogP contribution in [0.3, 0.4) is 0 Å². The number of anilines is 1. The first kappa shape index (κ1) is 26.8. The van der Waals surface area contributed by atoms with Crippen LogP contribution >= 0.6 is 0 Å². The van der Waals surface area contributed by atoms with Crippen LogP contribution in [0.5, 0.6) is 5.75 Å². The van der Waals surface area contributed by atoms with Crippen molar-refractivity contribution in [2.24, 2.45) is 5.92 Å². The highest BCUT2D eigenvalue weighted by molar-refractivity contribution is 6.02. The maximum absolute atomic E-state index is 11.4. The fraction of sp³-hybridized carbons (Fsp3) is 0.303. The van der Waals surface area contributed by atoms with Gasteiger partial charge in [-0.05, 0) is 59.7 Å². The maximum atomic E-state index is 11.4. The Labute approximate surface area is 239 Å². The van der Waals surface area contributed by atoms with Crippen LogP contribution in [0.25, 0.3) is 32.8 Å². The summed E-state index contributed by atoms with van der Waals surface area (Å²) in [7, 11) is 0. The Balaban J connectivity index is 1.38. The van der Waals surface area contributed by atoms with Gasteiger partial charge in [-0.3, -0.25) is 14.4 Å². The minimum Gasteiger partial charge on any atom is -0.487 e. The topological polar surface area (TPSA) is 107 Å². The van der Waals surface area contributed by atoms with Crippen molar-refractivity contribution >= 4 is 33.5 Å². The van der Waals surface area contributed by atoms with Gasteiger partial charge in [-0.2, -0.15) is 5.10 Å². The fourth-order valence-corrected chi connectivity index (χ4v) is 5.67. The van der Waals surface area contributed by atoms with Gasteiger partial charge in [0.2, 0.25) is 0 Å². The normalized spacial score (nSPS) is 14.1. The molecule has 8 nitrogen and oxygen atoms in total. The molecule has 1 aliphatic rings. The largest absolute Gasteiger partial charge is 0.487 e. The Hall–Kier alpha value is -4.43. The maximum Gasteiger partial charge on any atom is 0.307 e. The summed E-state index contributed by atoms with van der Waals surface area (Å²) in [6, 6.07) is 22.1. The predicted molar refractivity (Wildman–Crippen MR) is 162 cm³/mol. The first-order valence-corrected chi connectivity index (χ1v) is 14.2. The standard InChI is InChI=1S/C33H35N5O3/c1-21(2)13-15-37-18-24(19-37)38-30(20-41-31-9-4-3-6-23(31)17-32(39)40)28-16-22(10-11-29(28)36-38)25-7-5-8-27-26(25)12-14-35-33(27)34/h3-12,14,16,21,24H,13,15,17-20H2,1-2H3,(H2,34,35)(H,39,40). The minimum atomic E-state index is -0.886. The van der Waals surface area contributed by atoms with Crippen molar-refractivity contribution < 1.29 is 14.6 Å². The Morgan fingerprint density at radius 2 is 1.88 bits per heavy atom. The number of nitrogens with two attached hydrogens (primary N) is 1. The molecule has 0 bridgehead atoms. The summed E-state index contributed by atoms with van der Waals surface area (Å²) >= 11 is 0. The van der Waals surface area contributed by atoms with Gasteiger partial charge in [0.05, 0.1) is 23.7 Å². The van der Waals surface area contributed by atoms with Gasteiger partial charge in [-0.1, -0.05) is 56.3 Å². The highest BCUT2D eigenvalue weighted by atomic mass is 16.5. The summed E-state index contributed by atoms with van der Waals surface area (Å²) in [6.45, 7) is 7.79. The summed E-state index contributed by atoms with van der Waals surface area (Å²) in [5.74, 6) is 0.883. The van der Waals surface area contributed by atoms with Crippen molar-refractivity contribution in [1.82, 2.24) is 19.7 Å². The number of fused-ring (bicyclic) bond motifs is 2. The number of carboxylic acids is 1. The van der Waals surface area contributed by atoms with Crippen LogP contribution in [-0.4, -0.2) is 50.4 Å². The van der Waals surface area contributed by atoms with Crippen molar-refractivity contribution in [3.8, 4) is 16.9 Å². The van der Waals surface area contributed by atoms with Crippen LogP contribution in [0.4, 0.5) is 5.82 Å². The van der Waals surface area contributed by atoms with Gasteiger partial charge in [-0.15, -0.1) is 0 Å². The summed E-state index contributed by atoms with van der Waals surface area (Å²) in [5, 5.41) is 17.4. The first-order valence-electron chi connectivity index (χ1n) is 14.2. The SMILES string of the molecule is CC(C)CCN1CC(n2nc3ccc(-c4cccc5c(N)nccc45)cc3c2COc2ccccc2CC(=O)O)C1. The number of nitrogen functional groups attached to an aromatic ring is 1. The third kappa shape index (κ3) is 5.47. The molecule has 1 aliphatic heterocycles. The molecule has 0 amide bonds. The van der Waals surface area contributed by atoms with Crippen molar-refractivity contribution in [2.45, 2.75) is 39.3 Å². The smallest absolute Gasteiger partial charge is 0.307 e. The van der Waals surface area contributed by atoms with E-state index in [4.69, 9.17) is 15.6 Å². The Bertz CT molecular complexity index is 1720. The molecule has 0 saturated carbocycles. The quantitative estimate of drug-likeness (QED) is 0.222. The van der Waals surface area contributed by atoms with E-state index in [0.717, 1.165) is 58.1 Å². The van der Waals surface area contributed by atoms with Crippen molar-refractivity contribution in [2.75, 3.05) is 25.4 Å². The van der Waals surface area contributed by atoms with Crippen molar-refractivity contribution in [1.29, 1.82) is 0 Å². The number of hydrogen-bond donors (Lipinski definition) is 2. The van der Waals surface area contributed by atoms with Gasteiger partial charge >= 0.3 is 5.97 Å². The lowest BCUT2D eigenvalue weighted by molar-refractivity contribution is -0.136. The van der Waals surface area contributed by atoms with Crippen LogP contribution in [0.15, 0.2) is 72.9 Å². The van der Waals surface area contributed by atoms with E-state index < -0.39 is 5.97 Å². The zero-order valence-corrected chi connectivity index (χ0v) is 23.5. The number of aromatic nitrogens is 3. The van der Waals surface area contributed by atoms with Crippen LogP contribution < -0.4 is 10.5 Å². The number of para-hydroxylation sites is 1. The third-order valence-electron chi connectivity index (χ3n) is 7.93. The molecule has 0 spiro atoms. The molecule has 1 fully saturated rings. The molecule has 210 valence electrons. The number of rotatable bonds is 10. The highest BCUT2D eigenvalue weighted by Gasteiger charge is 2.31. The summed E-state index contributed by atoms with van der Waals surface area (Å²) < 4.78 is 8.45. The molecule has 3 aromatic carbocycles. The summed E-state index contributed by atoms with van der Waals surface area (Å²) in [5.41, 5.74) is 10.9. The van der Waals surface area contributed by atoms with E-state index in [9.17, 15) is 9.90 Å². The van der Waals surface area contributed by atoms with Crippen LogP contribution in [0.1, 0.15) is 37.6 Å². The molecule has 5 aromatic rings.